The second-order valence-electron chi connectivity index (χ2n) is 5.02. The van der Waals surface area contributed by atoms with Crippen LogP contribution in [0.1, 0.15) is 6.92 Å². The van der Waals surface area contributed by atoms with Crippen LogP contribution in [0.3, 0.4) is 0 Å². The summed E-state index contributed by atoms with van der Waals surface area (Å²) in [5.41, 5.74) is 0. The summed E-state index contributed by atoms with van der Waals surface area (Å²) < 4.78 is 9.09. The lowest BCUT2D eigenvalue weighted by atomic mass is 9.95. The van der Waals surface area contributed by atoms with E-state index < -0.39 is 36.0 Å². The standard InChI is InChI=1S/C14H19ClO10/c1-2-24-10(17)9(16)13(20,21)11(18)14(22,23)12(19)25-8-6-4-3-5-7(8)15/h3-6,9,11-12,16,18-23H,2H2,1H3. The number of ether oxygens (including phenoxy) is 2. The number of aliphatic hydroxyl groups excluding tert-OH is 3. The third kappa shape index (κ3) is 4.77. The fraction of sp³-hybridized carbons (Fsp3) is 0.500. The zero-order valence-electron chi connectivity index (χ0n) is 13.0. The summed E-state index contributed by atoms with van der Waals surface area (Å²) in [4.78, 5) is 11.3. The van der Waals surface area contributed by atoms with Gasteiger partial charge in [-0.05, 0) is 19.1 Å². The maximum absolute atomic E-state index is 11.3. The molecule has 0 aromatic heterocycles. The molecule has 3 unspecified atom stereocenters. The molecule has 0 saturated carbocycles. The monoisotopic (exact) mass is 382 g/mol. The van der Waals surface area contributed by atoms with Crippen LogP contribution in [-0.2, 0) is 9.53 Å². The van der Waals surface area contributed by atoms with Crippen LogP contribution in [0.25, 0.3) is 0 Å². The summed E-state index contributed by atoms with van der Waals surface area (Å²) in [5, 5.41) is 68.0. The van der Waals surface area contributed by atoms with Crippen molar-refractivity contribution in [3.8, 4) is 5.75 Å². The number of aliphatic hydroxyl groups is 7. The predicted molar refractivity (Wildman–Crippen MR) is 81.1 cm³/mol. The van der Waals surface area contributed by atoms with Crippen LogP contribution in [0.15, 0.2) is 24.3 Å². The lowest BCUT2D eigenvalue weighted by Gasteiger charge is -2.39. The number of hydrogen-bond donors (Lipinski definition) is 7. The molecule has 1 aromatic carbocycles. The van der Waals surface area contributed by atoms with Crippen LogP contribution in [0.2, 0.25) is 5.02 Å². The van der Waals surface area contributed by atoms with E-state index in [-0.39, 0.29) is 17.4 Å². The van der Waals surface area contributed by atoms with Gasteiger partial charge in [0.25, 0.3) is 12.1 Å². The van der Waals surface area contributed by atoms with Gasteiger partial charge in [0.15, 0.2) is 6.10 Å². The van der Waals surface area contributed by atoms with Crippen LogP contribution in [-0.4, -0.2) is 78.4 Å². The Kier molecular flexibility index (Phi) is 7.11. The van der Waals surface area contributed by atoms with Crippen LogP contribution in [0.5, 0.6) is 5.75 Å². The molecular formula is C14H19ClO10. The topological polar surface area (TPSA) is 177 Å². The van der Waals surface area contributed by atoms with Crippen molar-refractivity contribution < 1.29 is 50.0 Å². The molecule has 0 aliphatic rings. The van der Waals surface area contributed by atoms with Crippen LogP contribution in [0.4, 0.5) is 0 Å². The molecule has 0 aliphatic heterocycles. The van der Waals surface area contributed by atoms with Gasteiger partial charge in [-0.25, -0.2) is 4.79 Å². The van der Waals surface area contributed by atoms with E-state index in [1.807, 2.05) is 0 Å². The fourth-order valence-electron chi connectivity index (χ4n) is 1.74. The largest absolute Gasteiger partial charge is 0.464 e. The highest BCUT2D eigenvalue weighted by Gasteiger charge is 2.58. The van der Waals surface area contributed by atoms with Crippen molar-refractivity contribution in [1.82, 2.24) is 0 Å². The third-order valence-corrected chi connectivity index (χ3v) is 3.47. The molecule has 0 aliphatic carbocycles. The molecule has 3 atom stereocenters. The first kappa shape index (κ1) is 21.5. The highest BCUT2D eigenvalue weighted by Crippen LogP contribution is 2.29. The Bertz CT molecular complexity index is 591. The van der Waals surface area contributed by atoms with Gasteiger partial charge in [-0.3, -0.25) is 0 Å². The van der Waals surface area contributed by atoms with Gasteiger partial charge in [-0.15, -0.1) is 0 Å². The zero-order valence-corrected chi connectivity index (χ0v) is 13.7. The minimum absolute atomic E-state index is 0.0299. The molecular weight excluding hydrogens is 364 g/mol. The molecule has 0 saturated heterocycles. The first-order valence-electron chi connectivity index (χ1n) is 6.97. The quantitative estimate of drug-likeness (QED) is 0.191. The number of carbonyl (C=O) groups is 1. The molecule has 7 N–H and O–H groups in total. The third-order valence-electron chi connectivity index (χ3n) is 3.16. The van der Waals surface area contributed by atoms with Gasteiger partial charge in [0, 0.05) is 0 Å². The van der Waals surface area contributed by atoms with E-state index >= 15 is 0 Å². The van der Waals surface area contributed by atoms with E-state index in [4.69, 9.17) is 16.3 Å². The summed E-state index contributed by atoms with van der Waals surface area (Å²) in [7, 11) is 0. The molecule has 0 radical (unpaired) electrons. The first-order valence-corrected chi connectivity index (χ1v) is 7.35. The molecule has 0 amide bonds. The second-order valence-corrected chi connectivity index (χ2v) is 5.43. The minimum atomic E-state index is -3.79. The normalized spacial score (nSPS) is 16.0. The van der Waals surface area contributed by atoms with E-state index in [2.05, 4.69) is 4.74 Å². The molecule has 0 bridgehead atoms. The minimum Gasteiger partial charge on any atom is -0.464 e. The number of para-hydroxylation sites is 1. The van der Waals surface area contributed by atoms with Crippen molar-refractivity contribution >= 4 is 17.6 Å². The fourth-order valence-corrected chi connectivity index (χ4v) is 1.92. The molecule has 0 fully saturated rings. The Labute approximate surface area is 147 Å². The van der Waals surface area contributed by atoms with Crippen molar-refractivity contribution in [2.45, 2.75) is 37.0 Å². The summed E-state index contributed by atoms with van der Waals surface area (Å²) in [6.07, 6.45) is -8.49. The second kappa shape index (κ2) is 8.25. The van der Waals surface area contributed by atoms with Gasteiger partial charge < -0.3 is 45.2 Å². The van der Waals surface area contributed by atoms with Gasteiger partial charge >= 0.3 is 5.97 Å². The van der Waals surface area contributed by atoms with Crippen molar-refractivity contribution in [3.63, 3.8) is 0 Å². The van der Waals surface area contributed by atoms with Crippen LogP contribution < -0.4 is 4.74 Å². The van der Waals surface area contributed by atoms with Gasteiger partial charge in [0.1, 0.15) is 5.75 Å². The number of esters is 1. The molecule has 1 rings (SSSR count). The highest BCUT2D eigenvalue weighted by atomic mass is 35.5. The number of halogens is 1. The van der Waals surface area contributed by atoms with E-state index in [9.17, 15) is 40.5 Å². The first-order chi connectivity index (χ1) is 11.5. The zero-order chi connectivity index (χ0) is 19.4. The van der Waals surface area contributed by atoms with E-state index in [0.29, 0.717) is 0 Å². The molecule has 11 heteroatoms. The average molecular weight is 383 g/mol. The van der Waals surface area contributed by atoms with Crippen LogP contribution >= 0.6 is 11.6 Å². The van der Waals surface area contributed by atoms with Gasteiger partial charge in [0.05, 0.1) is 11.6 Å². The van der Waals surface area contributed by atoms with E-state index in [0.717, 1.165) is 0 Å². The maximum atomic E-state index is 11.3. The highest BCUT2D eigenvalue weighted by molar-refractivity contribution is 6.32. The lowest BCUT2D eigenvalue weighted by Crippen LogP contribution is -2.68. The number of hydrogen-bond acceptors (Lipinski definition) is 10. The van der Waals surface area contributed by atoms with Gasteiger partial charge in [0.2, 0.25) is 11.9 Å². The Morgan fingerprint density at radius 2 is 1.68 bits per heavy atom. The van der Waals surface area contributed by atoms with Gasteiger partial charge in [-0.1, -0.05) is 23.7 Å². The summed E-state index contributed by atoms with van der Waals surface area (Å²) in [5.74, 6) is -9.29. The maximum Gasteiger partial charge on any atom is 0.340 e. The van der Waals surface area contributed by atoms with Crippen molar-refractivity contribution in [3.05, 3.63) is 29.3 Å². The van der Waals surface area contributed by atoms with E-state index in [1.165, 1.54) is 31.2 Å². The molecule has 25 heavy (non-hydrogen) atoms. The molecule has 10 nitrogen and oxygen atoms in total. The molecule has 142 valence electrons. The summed E-state index contributed by atoms with van der Waals surface area (Å²) in [6, 6.07) is 5.55. The Morgan fingerprint density at radius 1 is 1.12 bits per heavy atom. The number of benzene rings is 1. The molecule has 1 aromatic rings. The van der Waals surface area contributed by atoms with Crippen LogP contribution in [0, 0.1) is 0 Å². The number of carbonyl (C=O) groups excluding carboxylic acids is 1. The van der Waals surface area contributed by atoms with Crippen molar-refractivity contribution in [2.75, 3.05) is 6.61 Å². The Balaban J connectivity index is 2.98. The van der Waals surface area contributed by atoms with E-state index in [1.54, 1.807) is 0 Å². The smallest absolute Gasteiger partial charge is 0.340 e. The Morgan fingerprint density at radius 3 is 2.20 bits per heavy atom. The molecule has 0 heterocycles. The summed E-state index contributed by atoms with van der Waals surface area (Å²) in [6.45, 7) is 1.13. The van der Waals surface area contributed by atoms with Crippen molar-refractivity contribution in [1.29, 1.82) is 0 Å². The number of rotatable bonds is 8. The Hall–Kier alpha value is -1.50. The van der Waals surface area contributed by atoms with Crippen molar-refractivity contribution in [2.24, 2.45) is 0 Å². The average Bonchev–Trinajstić information content (AvgIpc) is 2.55. The lowest BCUT2D eigenvalue weighted by molar-refractivity contribution is -0.384. The van der Waals surface area contributed by atoms with Gasteiger partial charge in [-0.2, -0.15) is 0 Å². The SMILES string of the molecule is CCOC(=O)C(O)C(O)(O)C(O)C(O)(O)C(O)Oc1ccccc1Cl. The molecule has 0 spiro atoms. The predicted octanol–water partition coefficient (Wildman–Crippen LogP) is -2.32. The summed E-state index contributed by atoms with van der Waals surface area (Å²) >= 11 is 5.75.